The van der Waals surface area contributed by atoms with Crippen LogP contribution in [0.2, 0.25) is 0 Å². The molecule has 98 valence electrons. The normalized spacial score (nSPS) is 14.4. The molecule has 2 aromatic rings. The van der Waals surface area contributed by atoms with Crippen LogP contribution >= 0.6 is 22.6 Å². The summed E-state index contributed by atoms with van der Waals surface area (Å²) >= 11 is 2.10. The average molecular weight is 369 g/mol. The van der Waals surface area contributed by atoms with Gasteiger partial charge in [-0.25, -0.2) is 19.9 Å². The van der Waals surface area contributed by atoms with Crippen LogP contribution < -0.4 is 10.5 Å². The largest absolute Gasteiger partial charge is 0.480 e. The maximum atomic E-state index is 5.85. The van der Waals surface area contributed by atoms with Gasteiger partial charge in [-0.1, -0.05) is 0 Å². The molecule has 0 unspecified atom stereocenters. The summed E-state index contributed by atoms with van der Waals surface area (Å²) < 4.78 is 6.14. The second kappa shape index (κ2) is 4.87. The lowest BCUT2D eigenvalue weighted by atomic mass is 10.1. The standard InChI is InChI=1S/C12H12IN5O/c1-19-12-8(9(6-2-3-6)16-5-17-12)11-15-4-7(13)10(14)18-11/h4-6H,2-3H2,1H3,(H2,14,15,18). The molecular weight excluding hydrogens is 357 g/mol. The lowest BCUT2D eigenvalue weighted by molar-refractivity contribution is 0.397. The molecule has 0 amide bonds. The Morgan fingerprint density at radius 3 is 2.74 bits per heavy atom. The summed E-state index contributed by atoms with van der Waals surface area (Å²) in [4.78, 5) is 17.2. The van der Waals surface area contributed by atoms with E-state index in [9.17, 15) is 0 Å². The van der Waals surface area contributed by atoms with E-state index in [1.165, 1.54) is 6.33 Å². The van der Waals surface area contributed by atoms with Gasteiger partial charge in [-0.15, -0.1) is 0 Å². The average Bonchev–Trinajstić information content (AvgIpc) is 3.25. The Labute approximate surface area is 124 Å². The van der Waals surface area contributed by atoms with Gasteiger partial charge >= 0.3 is 0 Å². The zero-order valence-electron chi connectivity index (χ0n) is 10.3. The number of rotatable bonds is 3. The molecule has 0 aromatic carbocycles. The number of ether oxygens (including phenoxy) is 1. The minimum Gasteiger partial charge on any atom is -0.480 e. The smallest absolute Gasteiger partial charge is 0.227 e. The van der Waals surface area contributed by atoms with Crippen LogP contribution in [0.3, 0.4) is 0 Å². The van der Waals surface area contributed by atoms with E-state index in [1.807, 2.05) is 0 Å². The first-order chi connectivity index (χ1) is 9.20. The summed E-state index contributed by atoms with van der Waals surface area (Å²) in [7, 11) is 1.58. The highest BCUT2D eigenvalue weighted by Crippen LogP contribution is 2.44. The van der Waals surface area contributed by atoms with Gasteiger partial charge in [-0.2, -0.15) is 0 Å². The van der Waals surface area contributed by atoms with E-state index in [4.69, 9.17) is 10.5 Å². The molecule has 7 heteroatoms. The van der Waals surface area contributed by atoms with Gasteiger partial charge in [0.25, 0.3) is 0 Å². The van der Waals surface area contributed by atoms with Crippen LogP contribution in [0.1, 0.15) is 24.5 Å². The molecule has 19 heavy (non-hydrogen) atoms. The van der Waals surface area contributed by atoms with E-state index in [0.717, 1.165) is 27.7 Å². The third-order valence-electron chi connectivity index (χ3n) is 2.99. The number of methoxy groups -OCH3 is 1. The van der Waals surface area contributed by atoms with Gasteiger partial charge in [-0.3, -0.25) is 0 Å². The summed E-state index contributed by atoms with van der Waals surface area (Å²) in [5, 5.41) is 0. The fourth-order valence-electron chi connectivity index (χ4n) is 1.91. The molecule has 1 aliphatic carbocycles. The molecule has 6 nitrogen and oxygen atoms in total. The fraction of sp³-hybridized carbons (Fsp3) is 0.333. The molecule has 0 spiro atoms. The van der Waals surface area contributed by atoms with Gasteiger partial charge in [0.05, 0.1) is 16.4 Å². The Hall–Kier alpha value is -1.51. The molecule has 0 radical (unpaired) electrons. The Bertz CT molecular complexity index is 630. The van der Waals surface area contributed by atoms with Crippen LogP contribution in [-0.4, -0.2) is 27.0 Å². The molecule has 2 heterocycles. The number of halogens is 1. The lowest BCUT2D eigenvalue weighted by Gasteiger charge is -2.10. The molecule has 1 saturated carbocycles. The predicted octanol–water partition coefficient (Wildman–Crippen LogP) is 2.01. The second-order valence-electron chi connectivity index (χ2n) is 4.34. The summed E-state index contributed by atoms with van der Waals surface area (Å²) in [5.74, 6) is 1.93. The highest BCUT2D eigenvalue weighted by molar-refractivity contribution is 14.1. The molecule has 0 saturated heterocycles. The number of aromatic nitrogens is 4. The van der Waals surface area contributed by atoms with Crippen molar-refractivity contribution in [3.05, 3.63) is 21.8 Å². The number of nitrogens with zero attached hydrogens (tertiary/aromatic N) is 4. The lowest BCUT2D eigenvalue weighted by Crippen LogP contribution is -2.04. The number of hydrogen-bond donors (Lipinski definition) is 1. The van der Waals surface area contributed by atoms with E-state index in [1.54, 1.807) is 13.3 Å². The minimum absolute atomic E-state index is 0.455. The van der Waals surface area contributed by atoms with Crippen LogP contribution in [-0.2, 0) is 0 Å². The number of anilines is 1. The summed E-state index contributed by atoms with van der Waals surface area (Å²) in [6.07, 6.45) is 5.48. The fourth-order valence-corrected chi connectivity index (χ4v) is 2.17. The Morgan fingerprint density at radius 1 is 1.32 bits per heavy atom. The number of nitrogen functional groups attached to an aromatic ring is 1. The quantitative estimate of drug-likeness (QED) is 0.833. The van der Waals surface area contributed by atoms with Crippen LogP contribution in [0.15, 0.2) is 12.5 Å². The van der Waals surface area contributed by atoms with Gasteiger partial charge in [0, 0.05) is 12.1 Å². The molecule has 1 aliphatic rings. The summed E-state index contributed by atoms with van der Waals surface area (Å²) in [6, 6.07) is 0. The maximum absolute atomic E-state index is 5.85. The van der Waals surface area contributed by atoms with Crippen molar-refractivity contribution >= 4 is 28.4 Å². The van der Waals surface area contributed by atoms with E-state index in [-0.39, 0.29) is 0 Å². The zero-order valence-corrected chi connectivity index (χ0v) is 12.5. The number of hydrogen-bond acceptors (Lipinski definition) is 6. The van der Waals surface area contributed by atoms with Crippen molar-refractivity contribution in [2.45, 2.75) is 18.8 Å². The second-order valence-corrected chi connectivity index (χ2v) is 5.51. The topological polar surface area (TPSA) is 86.8 Å². The minimum atomic E-state index is 0.455. The van der Waals surface area contributed by atoms with Gasteiger partial charge in [0.1, 0.15) is 17.7 Å². The van der Waals surface area contributed by atoms with Crippen molar-refractivity contribution in [2.24, 2.45) is 0 Å². The Morgan fingerprint density at radius 2 is 2.11 bits per heavy atom. The molecule has 1 fully saturated rings. The van der Waals surface area contributed by atoms with E-state index < -0.39 is 0 Å². The highest BCUT2D eigenvalue weighted by Gasteiger charge is 2.31. The van der Waals surface area contributed by atoms with Crippen LogP contribution in [0.4, 0.5) is 5.82 Å². The monoisotopic (exact) mass is 369 g/mol. The van der Waals surface area contributed by atoms with Gasteiger partial charge in [-0.05, 0) is 35.4 Å². The summed E-state index contributed by atoms with van der Waals surface area (Å²) in [6.45, 7) is 0. The molecular formula is C12H12IN5O. The molecule has 0 atom stereocenters. The molecule has 2 N–H and O–H groups in total. The maximum Gasteiger partial charge on any atom is 0.227 e. The Kier molecular flexibility index (Phi) is 3.21. The van der Waals surface area contributed by atoms with E-state index in [2.05, 4.69) is 42.5 Å². The first-order valence-corrected chi connectivity index (χ1v) is 6.96. The third kappa shape index (κ3) is 2.34. The van der Waals surface area contributed by atoms with Crippen LogP contribution in [0.5, 0.6) is 5.88 Å². The summed E-state index contributed by atoms with van der Waals surface area (Å²) in [5.41, 5.74) is 7.56. The van der Waals surface area contributed by atoms with E-state index >= 15 is 0 Å². The zero-order chi connectivity index (χ0) is 13.4. The molecule has 3 rings (SSSR count). The van der Waals surface area contributed by atoms with Gasteiger partial charge < -0.3 is 10.5 Å². The third-order valence-corrected chi connectivity index (χ3v) is 3.83. The van der Waals surface area contributed by atoms with Gasteiger partial charge in [0.2, 0.25) is 5.88 Å². The Balaban J connectivity index is 2.18. The van der Waals surface area contributed by atoms with Gasteiger partial charge in [0.15, 0.2) is 5.82 Å². The van der Waals surface area contributed by atoms with Crippen molar-refractivity contribution in [3.8, 4) is 17.3 Å². The van der Waals surface area contributed by atoms with Crippen molar-refractivity contribution in [1.82, 2.24) is 19.9 Å². The highest BCUT2D eigenvalue weighted by atomic mass is 127. The van der Waals surface area contributed by atoms with E-state index in [0.29, 0.717) is 23.4 Å². The predicted molar refractivity (Wildman–Crippen MR) is 78.7 cm³/mol. The number of nitrogens with two attached hydrogens (primary N) is 1. The SMILES string of the molecule is COc1ncnc(C2CC2)c1-c1ncc(I)c(N)n1. The first kappa shape index (κ1) is 12.5. The van der Waals surface area contributed by atoms with Crippen molar-refractivity contribution in [1.29, 1.82) is 0 Å². The first-order valence-electron chi connectivity index (χ1n) is 5.88. The van der Waals surface area contributed by atoms with Crippen LogP contribution in [0, 0.1) is 3.57 Å². The molecule has 0 bridgehead atoms. The molecule has 2 aromatic heterocycles. The molecule has 0 aliphatic heterocycles. The van der Waals surface area contributed by atoms with Crippen LogP contribution in [0.25, 0.3) is 11.4 Å². The van der Waals surface area contributed by atoms with Crippen molar-refractivity contribution in [3.63, 3.8) is 0 Å². The van der Waals surface area contributed by atoms with Crippen molar-refractivity contribution < 1.29 is 4.74 Å². The van der Waals surface area contributed by atoms with Crippen molar-refractivity contribution in [2.75, 3.05) is 12.8 Å².